The Bertz CT molecular complexity index is 348. The van der Waals surface area contributed by atoms with Crippen molar-refractivity contribution in [3.05, 3.63) is 41.2 Å². The molecule has 1 nitrogen and oxygen atoms in total. The second-order valence-electron chi connectivity index (χ2n) is 2.47. The average molecular weight is 196 g/mol. The number of hydrogen-bond acceptors (Lipinski definition) is 1. The van der Waals surface area contributed by atoms with Gasteiger partial charge >= 0.3 is 0 Å². The third-order valence-electron chi connectivity index (χ3n) is 1.50. The van der Waals surface area contributed by atoms with E-state index in [-0.39, 0.29) is 11.7 Å². The number of alkyl halides is 1. The molecule has 0 N–H and O–H groups in total. The van der Waals surface area contributed by atoms with Crippen LogP contribution in [0.25, 0.3) is 6.08 Å². The van der Waals surface area contributed by atoms with Crippen molar-refractivity contribution in [2.75, 3.05) is 5.88 Å². The van der Waals surface area contributed by atoms with Gasteiger partial charge in [0.15, 0.2) is 0 Å². The number of hydrogen-bond donors (Lipinski definition) is 0. The molecule has 0 spiro atoms. The molecule has 0 heterocycles. The molecular weight excluding hydrogens is 189 g/mol. The summed E-state index contributed by atoms with van der Waals surface area (Å²) >= 11 is 5.48. The van der Waals surface area contributed by atoms with Gasteiger partial charge in [0.25, 0.3) is 0 Å². The summed E-state index contributed by atoms with van der Waals surface area (Å²) in [5.74, 6) is -0.116. The zero-order valence-electron chi connectivity index (χ0n) is 6.80. The Balaban J connectivity index is 2.92. The van der Waals surface area contributed by atoms with E-state index in [1.807, 2.05) is 6.07 Å². The van der Waals surface area contributed by atoms with Crippen molar-refractivity contribution >= 4 is 17.7 Å². The average Bonchev–Trinajstić information content (AvgIpc) is 2.17. The second-order valence-corrected chi connectivity index (χ2v) is 2.73. The summed E-state index contributed by atoms with van der Waals surface area (Å²) in [7, 11) is 0. The molecule has 0 amide bonds. The first-order valence-corrected chi connectivity index (χ1v) is 4.22. The lowest BCUT2D eigenvalue weighted by Gasteiger charge is -1.93. The van der Waals surface area contributed by atoms with Crippen molar-refractivity contribution in [1.29, 1.82) is 5.26 Å². The molecule has 0 fully saturated rings. The maximum absolute atomic E-state index is 12.5. The third kappa shape index (κ3) is 2.89. The molecule has 0 aliphatic rings. The first-order valence-electron chi connectivity index (χ1n) is 3.68. The predicted molar refractivity (Wildman–Crippen MR) is 50.7 cm³/mol. The summed E-state index contributed by atoms with van der Waals surface area (Å²) in [6.07, 6.45) is 1.63. The Morgan fingerprint density at radius 1 is 1.46 bits per heavy atom. The van der Waals surface area contributed by atoms with E-state index in [9.17, 15) is 4.39 Å². The van der Waals surface area contributed by atoms with E-state index in [1.54, 1.807) is 18.2 Å². The number of halogens is 2. The molecule has 0 atom stereocenters. The van der Waals surface area contributed by atoms with Gasteiger partial charge in [-0.2, -0.15) is 5.26 Å². The maximum Gasteiger partial charge on any atom is 0.123 e. The van der Waals surface area contributed by atoms with Crippen molar-refractivity contribution < 1.29 is 4.39 Å². The van der Waals surface area contributed by atoms with Gasteiger partial charge in [-0.3, -0.25) is 0 Å². The minimum absolute atomic E-state index is 0.174. The highest BCUT2D eigenvalue weighted by Gasteiger charge is 1.94. The quantitative estimate of drug-likeness (QED) is 0.526. The predicted octanol–water partition coefficient (Wildman–Crippen LogP) is 2.97. The molecule has 0 saturated carbocycles. The molecule has 0 aliphatic heterocycles. The van der Waals surface area contributed by atoms with E-state index < -0.39 is 0 Å². The summed E-state index contributed by atoms with van der Waals surface area (Å²) in [5.41, 5.74) is 1.24. The minimum Gasteiger partial charge on any atom is -0.207 e. The number of rotatable bonds is 2. The van der Waals surface area contributed by atoms with Crippen molar-refractivity contribution in [3.63, 3.8) is 0 Å². The van der Waals surface area contributed by atoms with Gasteiger partial charge in [0, 0.05) is 5.57 Å². The minimum atomic E-state index is -0.290. The molecule has 1 aromatic rings. The zero-order valence-corrected chi connectivity index (χ0v) is 7.55. The van der Waals surface area contributed by atoms with E-state index in [0.717, 1.165) is 5.56 Å². The molecule has 0 saturated heterocycles. The molecule has 3 heteroatoms. The van der Waals surface area contributed by atoms with Crippen LogP contribution in [0.5, 0.6) is 0 Å². The first-order chi connectivity index (χ1) is 6.26. The van der Waals surface area contributed by atoms with E-state index in [4.69, 9.17) is 16.9 Å². The smallest absolute Gasteiger partial charge is 0.123 e. The molecule has 1 rings (SSSR count). The Morgan fingerprint density at radius 2 is 2.08 bits per heavy atom. The Hall–Kier alpha value is -1.33. The van der Waals surface area contributed by atoms with Gasteiger partial charge in [0.2, 0.25) is 0 Å². The molecular formula is C10H7ClFN. The summed E-state index contributed by atoms with van der Waals surface area (Å²) < 4.78 is 12.5. The lowest BCUT2D eigenvalue weighted by atomic mass is 10.1. The largest absolute Gasteiger partial charge is 0.207 e. The molecule has 0 aromatic heterocycles. The van der Waals surface area contributed by atoms with E-state index in [2.05, 4.69) is 0 Å². The van der Waals surface area contributed by atoms with Crippen LogP contribution < -0.4 is 0 Å². The fourth-order valence-corrected chi connectivity index (χ4v) is 0.998. The molecule has 0 radical (unpaired) electrons. The number of nitrogens with zero attached hydrogens (tertiary/aromatic N) is 1. The van der Waals surface area contributed by atoms with E-state index in [1.165, 1.54) is 12.1 Å². The lowest BCUT2D eigenvalue weighted by molar-refractivity contribution is 0.628. The van der Waals surface area contributed by atoms with Crippen LogP contribution >= 0.6 is 11.6 Å². The van der Waals surface area contributed by atoms with E-state index in [0.29, 0.717) is 5.57 Å². The lowest BCUT2D eigenvalue weighted by Crippen LogP contribution is -1.81. The van der Waals surface area contributed by atoms with Gasteiger partial charge in [-0.1, -0.05) is 12.1 Å². The van der Waals surface area contributed by atoms with Crippen LogP contribution in [0.3, 0.4) is 0 Å². The van der Waals surface area contributed by atoms with Crippen LogP contribution in [0.4, 0.5) is 4.39 Å². The van der Waals surface area contributed by atoms with Crippen molar-refractivity contribution in [1.82, 2.24) is 0 Å². The van der Waals surface area contributed by atoms with Gasteiger partial charge in [-0.05, 0) is 23.8 Å². The first kappa shape index (κ1) is 9.76. The van der Waals surface area contributed by atoms with Crippen LogP contribution in [0.15, 0.2) is 29.8 Å². The highest BCUT2D eigenvalue weighted by atomic mass is 35.5. The van der Waals surface area contributed by atoms with Crippen LogP contribution in [0.1, 0.15) is 5.56 Å². The van der Waals surface area contributed by atoms with Gasteiger partial charge in [-0.15, -0.1) is 11.6 Å². The third-order valence-corrected chi connectivity index (χ3v) is 1.79. The van der Waals surface area contributed by atoms with Crippen LogP contribution in [0.2, 0.25) is 0 Å². The molecule has 0 aliphatic carbocycles. The number of allylic oxidation sites excluding steroid dienone is 1. The van der Waals surface area contributed by atoms with Crippen molar-refractivity contribution in [3.8, 4) is 6.07 Å². The van der Waals surface area contributed by atoms with Gasteiger partial charge in [-0.25, -0.2) is 4.39 Å². The monoisotopic (exact) mass is 195 g/mol. The summed E-state index contributed by atoms with van der Waals surface area (Å²) in [5, 5.41) is 8.57. The Morgan fingerprint density at radius 3 is 2.54 bits per heavy atom. The summed E-state index contributed by atoms with van der Waals surface area (Å²) in [4.78, 5) is 0. The molecule has 0 unspecified atom stereocenters. The van der Waals surface area contributed by atoms with Crippen LogP contribution in [-0.2, 0) is 0 Å². The molecule has 13 heavy (non-hydrogen) atoms. The number of nitriles is 1. The Labute approximate surface area is 81.1 Å². The summed E-state index contributed by atoms with van der Waals surface area (Å²) in [6, 6.07) is 7.83. The summed E-state index contributed by atoms with van der Waals surface area (Å²) in [6.45, 7) is 0. The molecule has 66 valence electrons. The zero-order chi connectivity index (χ0) is 9.68. The fourth-order valence-electron chi connectivity index (χ4n) is 0.861. The van der Waals surface area contributed by atoms with Crippen LogP contribution in [0, 0.1) is 17.1 Å². The highest BCUT2D eigenvalue weighted by Crippen LogP contribution is 2.08. The van der Waals surface area contributed by atoms with Gasteiger partial charge in [0.05, 0.1) is 11.9 Å². The fraction of sp³-hybridized carbons (Fsp3) is 0.100. The topological polar surface area (TPSA) is 23.8 Å². The number of benzene rings is 1. The SMILES string of the molecule is N#C/C(=C\c1ccc(F)cc1)CCl. The van der Waals surface area contributed by atoms with Gasteiger partial charge < -0.3 is 0 Å². The standard InChI is InChI=1S/C10H7ClFN/c11-6-9(7-13)5-8-1-3-10(12)4-2-8/h1-5H,6H2/b9-5-. The normalized spacial score (nSPS) is 11.0. The van der Waals surface area contributed by atoms with E-state index >= 15 is 0 Å². The molecule has 1 aromatic carbocycles. The second kappa shape index (κ2) is 4.64. The highest BCUT2D eigenvalue weighted by molar-refractivity contribution is 6.20. The van der Waals surface area contributed by atoms with Gasteiger partial charge in [0.1, 0.15) is 5.82 Å². The van der Waals surface area contributed by atoms with Crippen LogP contribution in [-0.4, -0.2) is 5.88 Å². The van der Waals surface area contributed by atoms with Crippen molar-refractivity contribution in [2.24, 2.45) is 0 Å². The Kier molecular flexibility index (Phi) is 3.48. The molecule has 0 bridgehead atoms. The van der Waals surface area contributed by atoms with Crippen molar-refractivity contribution in [2.45, 2.75) is 0 Å². The maximum atomic E-state index is 12.5.